The summed E-state index contributed by atoms with van der Waals surface area (Å²) in [5.74, 6) is -2.29. The van der Waals surface area contributed by atoms with E-state index >= 15 is 0 Å². The molecule has 2 rings (SSSR count). The number of ether oxygens (including phenoxy) is 1. The summed E-state index contributed by atoms with van der Waals surface area (Å²) in [6.07, 6.45) is 0. The molecule has 25 heavy (non-hydrogen) atoms. The Morgan fingerprint density at radius 1 is 1.40 bits per heavy atom. The van der Waals surface area contributed by atoms with Crippen molar-refractivity contribution < 1.29 is 14.3 Å². The van der Waals surface area contributed by atoms with E-state index in [2.05, 4.69) is 18.0 Å². The average molecular weight is 356 g/mol. The number of carbonyl (C=O) groups is 2. The Morgan fingerprint density at radius 2 is 2.04 bits per heavy atom. The number of allylic oxidation sites excluding steroid dienone is 1. The molecule has 2 atom stereocenters. The van der Waals surface area contributed by atoms with Gasteiger partial charge in [0.25, 0.3) is 0 Å². The molecular weight excluding hydrogens is 336 g/mol. The second kappa shape index (κ2) is 8.04. The number of amides is 1. The van der Waals surface area contributed by atoms with Gasteiger partial charge in [-0.15, -0.1) is 11.8 Å². The predicted octanol–water partition coefficient (Wildman–Crippen LogP) is 3.04. The zero-order chi connectivity index (χ0) is 18.6. The Balaban J connectivity index is 2.57. The van der Waals surface area contributed by atoms with Crippen molar-refractivity contribution >= 4 is 23.6 Å². The smallest absolute Gasteiger partial charge is 0.319 e. The van der Waals surface area contributed by atoms with Crippen molar-refractivity contribution in [1.29, 1.82) is 5.26 Å². The van der Waals surface area contributed by atoms with Gasteiger partial charge < -0.3 is 10.1 Å². The summed E-state index contributed by atoms with van der Waals surface area (Å²) in [6.45, 7) is 7.66. The molecule has 0 spiro atoms. The third-order valence-electron chi connectivity index (χ3n) is 3.88. The molecule has 1 aliphatic rings. The molecule has 0 unspecified atom stereocenters. The largest absolute Gasteiger partial charge is 0.468 e. The van der Waals surface area contributed by atoms with E-state index in [9.17, 15) is 14.9 Å². The molecule has 1 N–H and O–H groups in total. The fraction of sp³-hybridized carbons (Fsp3) is 0.316. The predicted molar refractivity (Wildman–Crippen MR) is 97.5 cm³/mol. The minimum atomic E-state index is -1.09. The Labute approximate surface area is 151 Å². The van der Waals surface area contributed by atoms with Crippen molar-refractivity contribution in [3.8, 4) is 6.07 Å². The van der Waals surface area contributed by atoms with Gasteiger partial charge in [0.1, 0.15) is 5.92 Å². The van der Waals surface area contributed by atoms with E-state index in [1.54, 1.807) is 0 Å². The molecule has 0 aromatic heterocycles. The SMILES string of the molecule is C=C(C)CSC1=C(C#N)[C@H](c2ccc(C)cc2)[C@H](C(=O)OC)C(=O)N1. The number of carbonyl (C=O) groups excluding carboxylic acids is 2. The minimum absolute atomic E-state index is 0.366. The topological polar surface area (TPSA) is 79.2 Å². The van der Waals surface area contributed by atoms with Crippen molar-refractivity contribution in [2.24, 2.45) is 5.92 Å². The van der Waals surface area contributed by atoms with Gasteiger partial charge >= 0.3 is 5.97 Å². The normalized spacial score (nSPS) is 19.8. The van der Waals surface area contributed by atoms with Gasteiger partial charge in [0, 0.05) is 11.7 Å². The minimum Gasteiger partial charge on any atom is -0.468 e. The molecule has 6 heteroatoms. The van der Waals surface area contributed by atoms with Gasteiger partial charge in [-0.25, -0.2) is 0 Å². The molecule has 0 saturated heterocycles. The lowest BCUT2D eigenvalue weighted by Crippen LogP contribution is -2.44. The van der Waals surface area contributed by atoms with E-state index in [0.717, 1.165) is 16.7 Å². The van der Waals surface area contributed by atoms with Crippen LogP contribution in [0.3, 0.4) is 0 Å². The summed E-state index contributed by atoms with van der Waals surface area (Å²) in [5.41, 5.74) is 3.08. The first-order chi connectivity index (χ1) is 11.9. The fourth-order valence-corrected chi connectivity index (χ4v) is 3.54. The van der Waals surface area contributed by atoms with E-state index in [4.69, 9.17) is 4.74 Å². The Bertz CT molecular complexity index is 775. The van der Waals surface area contributed by atoms with Crippen LogP contribution in [-0.2, 0) is 14.3 Å². The number of nitriles is 1. The summed E-state index contributed by atoms with van der Waals surface area (Å²) >= 11 is 1.34. The lowest BCUT2D eigenvalue weighted by atomic mass is 9.78. The number of hydrogen-bond donors (Lipinski definition) is 1. The lowest BCUT2D eigenvalue weighted by Gasteiger charge is -2.31. The average Bonchev–Trinajstić information content (AvgIpc) is 2.59. The molecular formula is C19H20N2O3S. The van der Waals surface area contributed by atoms with Crippen molar-refractivity contribution in [1.82, 2.24) is 5.32 Å². The molecule has 0 fully saturated rings. The third-order valence-corrected chi connectivity index (χ3v) is 5.13. The zero-order valence-electron chi connectivity index (χ0n) is 14.5. The number of benzene rings is 1. The number of methoxy groups -OCH3 is 1. The summed E-state index contributed by atoms with van der Waals surface area (Å²) in [5, 5.41) is 12.9. The number of nitrogens with zero attached hydrogens (tertiary/aromatic N) is 1. The van der Waals surface area contributed by atoms with E-state index in [0.29, 0.717) is 16.4 Å². The molecule has 1 aromatic carbocycles. The highest BCUT2D eigenvalue weighted by Crippen LogP contribution is 2.40. The van der Waals surface area contributed by atoms with Crippen LogP contribution in [0.1, 0.15) is 24.0 Å². The van der Waals surface area contributed by atoms with Gasteiger partial charge in [0.05, 0.1) is 23.8 Å². The number of rotatable bonds is 5. The molecule has 0 saturated carbocycles. The van der Waals surface area contributed by atoms with Crippen LogP contribution in [0, 0.1) is 24.2 Å². The molecule has 1 heterocycles. The molecule has 5 nitrogen and oxygen atoms in total. The Kier molecular flexibility index (Phi) is 6.05. The Morgan fingerprint density at radius 3 is 2.56 bits per heavy atom. The first-order valence-corrected chi connectivity index (χ1v) is 8.74. The van der Waals surface area contributed by atoms with Crippen LogP contribution in [0.25, 0.3) is 0 Å². The molecule has 0 bridgehead atoms. The van der Waals surface area contributed by atoms with Gasteiger partial charge in [-0.1, -0.05) is 42.0 Å². The number of aryl methyl sites for hydroxylation is 1. The van der Waals surface area contributed by atoms with Crippen LogP contribution in [0.5, 0.6) is 0 Å². The second-order valence-electron chi connectivity index (χ2n) is 5.98. The highest BCUT2D eigenvalue weighted by Gasteiger charge is 2.44. The maximum absolute atomic E-state index is 12.6. The highest BCUT2D eigenvalue weighted by atomic mass is 32.2. The van der Waals surface area contributed by atoms with Crippen molar-refractivity contribution in [3.63, 3.8) is 0 Å². The van der Waals surface area contributed by atoms with Crippen molar-refractivity contribution in [2.75, 3.05) is 12.9 Å². The molecule has 130 valence electrons. The van der Waals surface area contributed by atoms with E-state index in [1.165, 1.54) is 18.9 Å². The van der Waals surface area contributed by atoms with Gasteiger partial charge in [0.15, 0.2) is 0 Å². The monoisotopic (exact) mass is 356 g/mol. The lowest BCUT2D eigenvalue weighted by molar-refractivity contribution is -0.150. The van der Waals surface area contributed by atoms with Gasteiger partial charge in [0.2, 0.25) is 5.91 Å². The summed E-state index contributed by atoms with van der Waals surface area (Å²) < 4.78 is 4.81. The first kappa shape index (κ1) is 18.8. The fourth-order valence-electron chi connectivity index (χ4n) is 2.65. The second-order valence-corrected chi connectivity index (χ2v) is 6.96. The quantitative estimate of drug-likeness (QED) is 0.498. The molecule has 1 amide bonds. The van der Waals surface area contributed by atoms with Crippen molar-refractivity contribution in [2.45, 2.75) is 19.8 Å². The maximum Gasteiger partial charge on any atom is 0.319 e. The molecule has 0 aliphatic carbocycles. The zero-order valence-corrected chi connectivity index (χ0v) is 15.3. The molecule has 1 aromatic rings. The number of hydrogen-bond acceptors (Lipinski definition) is 5. The van der Waals surface area contributed by atoms with Gasteiger partial charge in [-0.3, -0.25) is 9.59 Å². The molecule has 1 aliphatic heterocycles. The van der Waals surface area contributed by atoms with Crippen LogP contribution >= 0.6 is 11.8 Å². The molecule has 0 radical (unpaired) electrons. The van der Waals surface area contributed by atoms with Crippen LogP contribution in [0.2, 0.25) is 0 Å². The number of esters is 1. The highest BCUT2D eigenvalue weighted by molar-refractivity contribution is 8.03. The third kappa shape index (κ3) is 4.12. The maximum atomic E-state index is 12.6. The van der Waals surface area contributed by atoms with Crippen LogP contribution in [0.15, 0.2) is 47.0 Å². The number of nitrogens with one attached hydrogen (secondary N) is 1. The van der Waals surface area contributed by atoms with Crippen molar-refractivity contribution in [3.05, 3.63) is 58.1 Å². The summed E-state index contributed by atoms with van der Waals surface area (Å²) in [6, 6.07) is 9.65. The van der Waals surface area contributed by atoms with Gasteiger partial charge in [-0.05, 0) is 19.4 Å². The van der Waals surface area contributed by atoms with E-state index in [-0.39, 0.29) is 0 Å². The van der Waals surface area contributed by atoms with Gasteiger partial charge in [-0.2, -0.15) is 5.26 Å². The van der Waals surface area contributed by atoms with Crippen LogP contribution in [0.4, 0.5) is 0 Å². The Hall–Kier alpha value is -2.52. The summed E-state index contributed by atoms with van der Waals surface area (Å²) in [7, 11) is 1.24. The number of thioether (sulfide) groups is 1. The van der Waals surface area contributed by atoms with Crippen LogP contribution < -0.4 is 5.32 Å². The van der Waals surface area contributed by atoms with E-state index in [1.807, 2.05) is 38.1 Å². The summed E-state index contributed by atoms with van der Waals surface area (Å²) in [4.78, 5) is 24.8. The first-order valence-electron chi connectivity index (χ1n) is 7.75. The van der Waals surface area contributed by atoms with E-state index < -0.39 is 23.7 Å². The standard InChI is InChI=1S/C19H20N2O3S/c1-11(2)10-25-18-14(9-20)15(13-7-5-12(3)6-8-13)16(17(22)21-18)19(23)24-4/h5-8,15-16H,1,10H2,2-4H3,(H,21,22)/t15-,16-/m0/s1. The van der Waals surface area contributed by atoms with Crippen LogP contribution in [-0.4, -0.2) is 24.7 Å².